The third-order valence-electron chi connectivity index (χ3n) is 4.47. The highest BCUT2D eigenvalue weighted by molar-refractivity contribution is 7.80. The molecule has 1 aliphatic heterocycles. The van der Waals surface area contributed by atoms with Crippen LogP contribution < -0.4 is 21.3 Å². The monoisotopic (exact) mass is 462 g/mol. The third-order valence-corrected chi connectivity index (χ3v) is 4.83. The van der Waals surface area contributed by atoms with Gasteiger partial charge in [-0.1, -0.05) is 0 Å². The van der Waals surface area contributed by atoms with Gasteiger partial charge in [-0.3, -0.25) is 24.0 Å². The van der Waals surface area contributed by atoms with E-state index < -0.39 is 72.6 Å². The van der Waals surface area contributed by atoms with Crippen LogP contribution in [0.5, 0.6) is 0 Å². The first-order chi connectivity index (χ1) is 14.5. The molecular formula is C17H26N4O9S. The van der Waals surface area contributed by atoms with Gasteiger partial charge in [0.05, 0.1) is 12.5 Å². The van der Waals surface area contributed by atoms with E-state index in [4.69, 9.17) is 15.3 Å². The number of carboxylic acid groups (broad SMARTS) is 3. The summed E-state index contributed by atoms with van der Waals surface area (Å²) in [7, 11) is 0. The van der Waals surface area contributed by atoms with Crippen LogP contribution in [0.25, 0.3) is 0 Å². The van der Waals surface area contributed by atoms with Gasteiger partial charge in [0.2, 0.25) is 17.7 Å². The Morgan fingerprint density at radius 1 is 0.903 bits per heavy atom. The van der Waals surface area contributed by atoms with Crippen LogP contribution in [0, 0.1) is 0 Å². The quantitative estimate of drug-likeness (QED) is 0.135. The molecule has 3 amide bonds. The molecule has 0 spiro atoms. The highest BCUT2D eigenvalue weighted by Gasteiger charge is 2.32. The Morgan fingerprint density at radius 2 is 1.52 bits per heavy atom. The summed E-state index contributed by atoms with van der Waals surface area (Å²) < 4.78 is 0. The molecule has 1 saturated heterocycles. The van der Waals surface area contributed by atoms with Crippen LogP contribution in [-0.2, 0) is 28.8 Å². The zero-order chi connectivity index (χ0) is 23.6. The summed E-state index contributed by atoms with van der Waals surface area (Å²) >= 11 is 3.81. The first kappa shape index (κ1) is 26.2. The van der Waals surface area contributed by atoms with Crippen LogP contribution in [0.1, 0.15) is 32.1 Å². The third kappa shape index (κ3) is 9.21. The Kier molecular flexibility index (Phi) is 10.8. The highest BCUT2D eigenvalue weighted by atomic mass is 32.1. The van der Waals surface area contributed by atoms with Crippen molar-refractivity contribution in [3.05, 3.63) is 0 Å². The predicted molar refractivity (Wildman–Crippen MR) is 107 cm³/mol. The second-order valence-corrected chi connectivity index (χ2v) is 7.25. The fraction of sp³-hybridized carbons (Fsp3) is 0.647. The Hall–Kier alpha value is -2.87. The minimum absolute atomic E-state index is 0.257. The molecule has 0 aromatic carbocycles. The molecule has 1 rings (SSSR count). The van der Waals surface area contributed by atoms with Crippen LogP contribution >= 0.6 is 12.6 Å². The van der Waals surface area contributed by atoms with Crippen molar-refractivity contribution < 1.29 is 44.1 Å². The number of hydrogen-bond donors (Lipinski definition) is 8. The Bertz CT molecular complexity index is 712. The molecule has 4 atom stereocenters. The van der Waals surface area contributed by atoms with Crippen LogP contribution in [0.3, 0.4) is 0 Å². The number of aliphatic carboxylic acids is 3. The molecule has 174 valence electrons. The van der Waals surface area contributed by atoms with E-state index in [0.717, 1.165) is 6.42 Å². The van der Waals surface area contributed by atoms with Crippen LogP contribution in [0.15, 0.2) is 0 Å². The smallest absolute Gasteiger partial charge is 0.327 e. The largest absolute Gasteiger partial charge is 0.481 e. The van der Waals surface area contributed by atoms with Gasteiger partial charge in [0.1, 0.15) is 18.1 Å². The molecule has 0 aliphatic carbocycles. The van der Waals surface area contributed by atoms with E-state index in [1.54, 1.807) is 0 Å². The molecule has 4 unspecified atom stereocenters. The minimum Gasteiger partial charge on any atom is -0.481 e. The second kappa shape index (κ2) is 12.7. The average molecular weight is 462 g/mol. The molecule has 1 fully saturated rings. The molecule has 0 aromatic heterocycles. The van der Waals surface area contributed by atoms with Crippen molar-refractivity contribution in [3.63, 3.8) is 0 Å². The number of hydrogen-bond acceptors (Lipinski definition) is 8. The molecule has 13 nitrogen and oxygen atoms in total. The molecule has 1 aliphatic rings. The van der Waals surface area contributed by atoms with Gasteiger partial charge in [-0.05, 0) is 25.8 Å². The molecular weight excluding hydrogens is 436 g/mol. The number of nitrogens with one attached hydrogen (secondary N) is 4. The van der Waals surface area contributed by atoms with Gasteiger partial charge >= 0.3 is 17.9 Å². The Labute approximate surface area is 182 Å². The van der Waals surface area contributed by atoms with Gasteiger partial charge in [0.25, 0.3) is 0 Å². The zero-order valence-corrected chi connectivity index (χ0v) is 17.4. The lowest BCUT2D eigenvalue weighted by Crippen LogP contribution is -2.57. The highest BCUT2D eigenvalue weighted by Crippen LogP contribution is 2.07. The lowest BCUT2D eigenvalue weighted by Gasteiger charge is -2.24. The first-order valence-corrected chi connectivity index (χ1v) is 10.1. The van der Waals surface area contributed by atoms with Gasteiger partial charge in [-0.2, -0.15) is 12.6 Å². The van der Waals surface area contributed by atoms with Crippen molar-refractivity contribution in [1.29, 1.82) is 0 Å². The number of rotatable bonds is 13. The van der Waals surface area contributed by atoms with Gasteiger partial charge < -0.3 is 36.6 Å². The minimum atomic E-state index is -1.52. The summed E-state index contributed by atoms with van der Waals surface area (Å²) in [6.45, 7) is 0.598. The van der Waals surface area contributed by atoms with Gasteiger partial charge in [0, 0.05) is 12.2 Å². The fourth-order valence-corrected chi connectivity index (χ4v) is 3.08. The number of carbonyl (C=O) groups is 6. The van der Waals surface area contributed by atoms with E-state index in [2.05, 4.69) is 33.9 Å². The van der Waals surface area contributed by atoms with Gasteiger partial charge in [-0.15, -0.1) is 0 Å². The molecule has 1 heterocycles. The molecule has 0 bridgehead atoms. The van der Waals surface area contributed by atoms with Crippen molar-refractivity contribution in [1.82, 2.24) is 21.3 Å². The molecule has 0 radical (unpaired) electrons. The van der Waals surface area contributed by atoms with E-state index in [0.29, 0.717) is 13.0 Å². The van der Waals surface area contributed by atoms with Crippen LogP contribution in [0.4, 0.5) is 0 Å². The molecule has 31 heavy (non-hydrogen) atoms. The molecule has 14 heteroatoms. The maximum Gasteiger partial charge on any atom is 0.327 e. The predicted octanol–water partition coefficient (Wildman–Crippen LogP) is -2.45. The standard InChI is InChI=1S/C17H26N4O9S/c22-12(23)4-3-9(15(27)21-11(7-31)17(29)30)19-16(28)10(6-13(24)25)20-14(26)8-2-1-5-18-8/h8-11,18,31H,1-7H2,(H,19,28)(H,20,26)(H,21,27)(H,22,23)(H,24,25)(H,29,30). The van der Waals surface area contributed by atoms with Gasteiger partial charge in [-0.25, -0.2) is 4.79 Å². The summed E-state index contributed by atoms with van der Waals surface area (Å²) in [6.07, 6.45) is -0.437. The maximum atomic E-state index is 12.6. The van der Waals surface area contributed by atoms with Crippen molar-refractivity contribution >= 4 is 48.3 Å². The molecule has 0 saturated carbocycles. The van der Waals surface area contributed by atoms with Crippen molar-refractivity contribution in [2.24, 2.45) is 0 Å². The normalized spacial score (nSPS) is 18.3. The topological polar surface area (TPSA) is 211 Å². The number of carbonyl (C=O) groups excluding carboxylic acids is 3. The van der Waals surface area contributed by atoms with Crippen molar-refractivity contribution in [2.75, 3.05) is 12.3 Å². The lowest BCUT2D eigenvalue weighted by molar-refractivity contribution is -0.143. The Morgan fingerprint density at radius 3 is 2.00 bits per heavy atom. The van der Waals surface area contributed by atoms with E-state index in [-0.39, 0.29) is 12.2 Å². The lowest BCUT2D eigenvalue weighted by atomic mass is 10.1. The fourth-order valence-electron chi connectivity index (χ4n) is 2.83. The Balaban J connectivity index is 2.91. The van der Waals surface area contributed by atoms with Crippen molar-refractivity contribution in [3.8, 4) is 0 Å². The zero-order valence-electron chi connectivity index (χ0n) is 16.5. The number of carboxylic acids is 3. The number of thiol groups is 1. The van der Waals surface area contributed by atoms with E-state index in [9.17, 15) is 28.8 Å². The van der Waals surface area contributed by atoms with Crippen LogP contribution in [0.2, 0.25) is 0 Å². The SMILES string of the molecule is O=C(O)CCC(NC(=O)C(CC(=O)O)NC(=O)C1CCCN1)C(=O)NC(CS)C(=O)O. The molecule has 7 N–H and O–H groups in total. The van der Waals surface area contributed by atoms with Crippen molar-refractivity contribution in [2.45, 2.75) is 56.3 Å². The summed E-state index contributed by atoms with van der Waals surface area (Å²) in [5.74, 6) is -6.86. The van der Waals surface area contributed by atoms with Crippen LogP contribution in [-0.4, -0.2) is 87.4 Å². The van der Waals surface area contributed by atoms with E-state index >= 15 is 0 Å². The average Bonchev–Trinajstić information content (AvgIpc) is 3.22. The van der Waals surface area contributed by atoms with E-state index in [1.807, 2.05) is 0 Å². The number of amides is 3. The summed E-state index contributed by atoms with van der Waals surface area (Å²) in [6, 6.07) is -4.96. The maximum absolute atomic E-state index is 12.6. The van der Waals surface area contributed by atoms with Gasteiger partial charge in [0.15, 0.2) is 0 Å². The first-order valence-electron chi connectivity index (χ1n) is 9.46. The summed E-state index contributed by atoms with van der Waals surface area (Å²) in [5, 5.41) is 36.5. The summed E-state index contributed by atoms with van der Waals surface area (Å²) in [5.41, 5.74) is 0. The second-order valence-electron chi connectivity index (χ2n) is 6.88. The molecule has 0 aromatic rings. The van der Waals surface area contributed by atoms with E-state index in [1.165, 1.54) is 0 Å². The summed E-state index contributed by atoms with van der Waals surface area (Å²) in [4.78, 5) is 70.4.